The van der Waals surface area contributed by atoms with Crippen molar-refractivity contribution < 1.29 is 14.6 Å². The topological polar surface area (TPSA) is 49.8 Å². The summed E-state index contributed by atoms with van der Waals surface area (Å²) in [5.74, 6) is 0.0200. The van der Waals surface area contributed by atoms with E-state index in [-0.39, 0.29) is 24.7 Å². The Balaban J connectivity index is 2.53. The molecule has 82 valence electrons. The first-order valence-corrected chi connectivity index (χ1v) is 5.19. The van der Waals surface area contributed by atoms with Gasteiger partial charge in [0.2, 0.25) is 0 Å². The van der Waals surface area contributed by atoms with Gasteiger partial charge in [-0.15, -0.1) is 0 Å². The minimum atomic E-state index is -0.274. The molecular formula is C10H19NO3. The molecule has 0 bridgehead atoms. The molecule has 4 heteroatoms. The Labute approximate surface area is 84.8 Å². The normalized spacial score (nSPS) is 21.6. The average Bonchev–Trinajstić information content (AvgIpc) is 2.65. The van der Waals surface area contributed by atoms with Gasteiger partial charge in [0, 0.05) is 19.2 Å². The van der Waals surface area contributed by atoms with Crippen molar-refractivity contribution in [1.82, 2.24) is 4.90 Å². The van der Waals surface area contributed by atoms with Crippen molar-refractivity contribution in [1.29, 1.82) is 0 Å². The van der Waals surface area contributed by atoms with Crippen molar-refractivity contribution in [2.24, 2.45) is 0 Å². The van der Waals surface area contributed by atoms with Gasteiger partial charge >= 0.3 is 0 Å². The highest BCUT2D eigenvalue weighted by atomic mass is 16.5. The molecule has 0 unspecified atom stereocenters. The average molecular weight is 201 g/mol. The Bertz CT molecular complexity index is 188. The van der Waals surface area contributed by atoms with Gasteiger partial charge in [-0.1, -0.05) is 0 Å². The second kappa shape index (κ2) is 5.32. The second-order valence-electron chi connectivity index (χ2n) is 3.85. The van der Waals surface area contributed by atoms with Gasteiger partial charge in [0.1, 0.15) is 6.10 Å². The number of rotatable bonds is 4. The van der Waals surface area contributed by atoms with Gasteiger partial charge in [0.25, 0.3) is 5.91 Å². The van der Waals surface area contributed by atoms with Crippen LogP contribution in [0.2, 0.25) is 0 Å². The Morgan fingerprint density at radius 2 is 2.36 bits per heavy atom. The molecule has 0 radical (unpaired) electrons. The second-order valence-corrected chi connectivity index (χ2v) is 3.85. The molecule has 1 atom stereocenters. The van der Waals surface area contributed by atoms with Gasteiger partial charge in [-0.05, 0) is 26.7 Å². The molecule has 1 saturated heterocycles. The number of aliphatic hydroxyl groups is 1. The van der Waals surface area contributed by atoms with Crippen LogP contribution in [0.3, 0.4) is 0 Å². The van der Waals surface area contributed by atoms with Gasteiger partial charge in [-0.3, -0.25) is 4.79 Å². The minimum absolute atomic E-state index is 0.0106. The summed E-state index contributed by atoms with van der Waals surface area (Å²) < 4.78 is 5.32. The van der Waals surface area contributed by atoms with Crippen molar-refractivity contribution >= 4 is 5.91 Å². The Hall–Kier alpha value is -0.610. The van der Waals surface area contributed by atoms with Crippen LogP contribution >= 0.6 is 0 Å². The van der Waals surface area contributed by atoms with Crippen LogP contribution in [0.25, 0.3) is 0 Å². The van der Waals surface area contributed by atoms with Crippen molar-refractivity contribution in [3.63, 3.8) is 0 Å². The third kappa shape index (κ3) is 2.69. The highest BCUT2D eigenvalue weighted by Gasteiger charge is 2.29. The van der Waals surface area contributed by atoms with E-state index in [0.717, 1.165) is 12.8 Å². The molecule has 1 aliphatic rings. The van der Waals surface area contributed by atoms with Crippen LogP contribution in [0.4, 0.5) is 0 Å². The van der Waals surface area contributed by atoms with Gasteiger partial charge in [0.15, 0.2) is 0 Å². The molecule has 4 nitrogen and oxygen atoms in total. The molecule has 0 saturated carbocycles. The number of carbonyl (C=O) groups excluding carboxylic acids is 1. The largest absolute Gasteiger partial charge is 0.395 e. The van der Waals surface area contributed by atoms with E-state index in [9.17, 15) is 4.79 Å². The number of hydrogen-bond acceptors (Lipinski definition) is 3. The quantitative estimate of drug-likeness (QED) is 0.716. The standard InChI is InChI=1S/C10H19NO3/c1-8(2)11(5-6-12)10(13)9-4-3-7-14-9/h8-9,12H,3-7H2,1-2H3/t9-/m1/s1. The highest BCUT2D eigenvalue weighted by molar-refractivity contribution is 5.81. The van der Waals surface area contributed by atoms with Crippen LogP contribution in [0.5, 0.6) is 0 Å². The van der Waals surface area contributed by atoms with E-state index in [0.29, 0.717) is 13.2 Å². The van der Waals surface area contributed by atoms with Gasteiger partial charge < -0.3 is 14.7 Å². The summed E-state index contributed by atoms with van der Waals surface area (Å²) in [6, 6.07) is 0.124. The lowest BCUT2D eigenvalue weighted by Gasteiger charge is -2.28. The molecule has 14 heavy (non-hydrogen) atoms. The van der Waals surface area contributed by atoms with Crippen LogP contribution in [0.1, 0.15) is 26.7 Å². The summed E-state index contributed by atoms with van der Waals surface area (Å²) in [6.45, 7) is 4.99. The summed E-state index contributed by atoms with van der Waals surface area (Å²) >= 11 is 0. The number of nitrogens with zero attached hydrogens (tertiary/aromatic N) is 1. The fraction of sp³-hybridized carbons (Fsp3) is 0.900. The SMILES string of the molecule is CC(C)N(CCO)C(=O)[C@H]1CCCO1. The van der Waals surface area contributed by atoms with Crippen LogP contribution < -0.4 is 0 Å². The van der Waals surface area contributed by atoms with E-state index in [4.69, 9.17) is 9.84 Å². The van der Waals surface area contributed by atoms with Crippen molar-refractivity contribution in [3.8, 4) is 0 Å². The first kappa shape index (κ1) is 11.5. The maximum Gasteiger partial charge on any atom is 0.252 e. The zero-order chi connectivity index (χ0) is 10.6. The fourth-order valence-corrected chi connectivity index (χ4v) is 1.69. The number of amides is 1. The molecule has 0 aliphatic carbocycles. The first-order valence-electron chi connectivity index (χ1n) is 5.19. The smallest absolute Gasteiger partial charge is 0.252 e. The summed E-state index contributed by atoms with van der Waals surface area (Å²) in [4.78, 5) is 13.5. The molecule has 1 heterocycles. The number of hydrogen-bond donors (Lipinski definition) is 1. The predicted octanol–water partition coefficient (Wildman–Crippen LogP) is 0.395. The van der Waals surface area contributed by atoms with Crippen molar-refractivity contribution in [2.45, 2.75) is 38.8 Å². The van der Waals surface area contributed by atoms with E-state index in [1.807, 2.05) is 13.8 Å². The molecular weight excluding hydrogens is 182 g/mol. The zero-order valence-electron chi connectivity index (χ0n) is 8.90. The van der Waals surface area contributed by atoms with Crippen LogP contribution in [0, 0.1) is 0 Å². The Kier molecular flexibility index (Phi) is 4.35. The third-order valence-corrected chi connectivity index (χ3v) is 2.45. The van der Waals surface area contributed by atoms with Gasteiger partial charge in [0.05, 0.1) is 6.61 Å². The maximum absolute atomic E-state index is 11.9. The molecule has 1 aliphatic heterocycles. The van der Waals surface area contributed by atoms with Crippen LogP contribution in [-0.2, 0) is 9.53 Å². The Morgan fingerprint density at radius 3 is 2.79 bits per heavy atom. The van der Waals surface area contributed by atoms with Gasteiger partial charge in [-0.25, -0.2) is 0 Å². The fourth-order valence-electron chi connectivity index (χ4n) is 1.69. The number of ether oxygens (including phenoxy) is 1. The summed E-state index contributed by atoms with van der Waals surface area (Å²) in [5.41, 5.74) is 0. The molecule has 1 rings (SSSR count). The Morgan fingerprint density at radius 1 is 1.64 bits per heavy atom. The molecule has 1 amide bonds. The molecule has 0 aromatic carbocycles. The number of carbonyl (C=O) groups is 1. The third-order valence-electron chi connectivity index (χ3n) is 2.45. The lowest BCUT2D eigenvalue weighted by molar-refractivity contribution is -0.143. The predicted molar refractivity (Wildman–Crippen MR) is 52.9 cm³/mol. The van der Waals surface area contributed by atoms with E-state index in [1.165, 1.54) is 0 Å². The summed E-state index contributed by atoms with van der Waals surface area (Å²) in [7, 11) is 0. The molecule has 0 spiro atoms. The lowest BCUT2D eigenvalue weighted by Crippen LogP contribution is -2.44. The van der Waals surface area contributed by atoms with Crippen molar-refractivity contribution in [3.05, 3.63) is 0 Å². The summed E-state index contributed by atoms with van der Waals surface area (Å²) in [6.07, 6.45) is 1.50. The van der Waals surface area contributed by atoms with E-state index in [2.05, 4.69) is 0 Å². The van der Waals surface area contributed by atoms with Crippen LogP contribution in [-0.4, -0.2) is 47.8 Å². The van der Waals surface area contributed by atoms with E-state index < -0.39 is 0 Å². The molecule has 0 aromatic heterocycles. The van der Waals surface area contributed by atoms with Crippen LogP contribution in [0.15, 0.2) is 0 Å². The van der Waals surface area contributed by atoms with E-state index in [1.54, 1.807) is 4.90 Å². The monoisotopic (exact) mass is 201 g/mol. The van der Waals surface area contributed by atoms with E-state index >= 15 is 0 Å². The molecule has 1 fully saturated rings. The first-order chi connectivity index (χ1) is 6.66. The van der Waals surface area contributed by atoms with Crippen molar-refractivity contribution in [2.75, 3.05) is 19.8 Å². The lowest BCUT2D eigenvalue weighted by atomic mass is 10.2. The summed E-state index contributed by atoms with van der Waals surface area (Å²) in [5, 5.41) is 8.84. The highest BCUT2D eigenvalue weighted by Crippen LogP contribution is 2.15. The van der Waals surface area contributed by atoms with Gasteiger partial charge in [-0.2, -0.15) is 0 Å². The molecule has 0 aromatic rings. The molecule has 1 N–H and O–H groups in total. The minimum Gasteiger partial charge on any atom is -0.395 e. The number of aliphatic hydroxyl groups excluding tert-OH is 1. The zero-order valence-corrected chi connectivity index (χ0v) is 8.90. The maximum atomic E-state index is 11.9.